The maximum absolute atomic E-state index is 12.7. The highest BCUT2D eigenvalue weighted by atomic mass is 19.3. The van der Waals surface area contributed by atoms with Gasteiger partial charge in [0.2, 0.25) is 5.91 Å². The van der Waals surface area contributed by atoms with Gasteiger partial charge in [-0.05, 0) is 5.56 Å². The van der Waals surface area contributed by atoms with Crippen molar-refractivity contribution < 1.29 is 18.7 Å². The Morgan fingerprint density at radius 1 is 1.41 bits per heavy atom. The summed E-state index contributed by atoms with van der Waals surface area (Å²) in [4.78, 5) is 11.5. The monoisotopic (exact) mass is 244 g/mol. The van der Waals surface area contributed by atoms with Gasteiger partial charge in [0.1, 0.15) is 12.6 Å². The number of aliphatic hydroxyl groups excluding tert-OH is 1. The molecule has 0 radical (unpaired) electrons. The van der Waals surface area contributed by atoms with Crippen LogP contribution >= 0.6 is 0 Å². The number of halogens is 2. The fourth-order valence-electron chi connectivity index (χ4n) is 1.19. The van der Waals surface area contributed by atoms with Crippen LogP contribution in [-0.4, -0.2) is 30.1 Å². The predicted octanol–water partition coefficient (Wildman–Crippen LogP) is 0.430. The summed E-state index contributed by atoms with van der Waals surface area (Å²) in [6.07, 6.45) is 0. The zero-order valence-corrected chi connectivity index (χ0v) is 9.07. The minimum absolute atomic E-state index is 0.539. The average Bonchev–Trinajstić information content (AvgIpc) is 2.36. The number of nitrogens with two attached hydrogens (primary N) is 1. The van der Waals surface area contributed by atoms with E-state index in [4.69, 9.17) is 10.8 Å². The van der Waals surface area contributed by atoms with Crippen molar-refractivity contribution in [2.45, 2.75) is 12.0 Å². The topological polar surface area (TPSA) is 75.4 Å². The molecule has 0 bridgehead atoms. The highest BCUT2D eigenvalue weighted by Crippen LogP contribution is 2.12. The molecule has 6 heteroatoms. The van der Waals surface area contributed by atoms with E-state index in [1.54, 1.807) is 30.3 Å². The van der Waals surface area contributed by atoms with E-state index in [9.17, 15) is 13.6 Å². The molecule has 0 unspecified atom stereocenters. The first kappa shape index (κ1) is 13.5. The van der Waals surface area contributed by atoms with Crippen molar-refractivity contribution in [3.8, 4) is 0 Å². The second-order valence-corrected chi connectivity index (χ2v) is 3.62. The molecule has 0 aromatic heterocycles. The van der Waals surface area contributed by atoms with E-state index in [2.05, 4.69) is 0 Å². The van der Waals surface area contributed by atoms with Crippen molar-refractivity contribution in [3.05, 3.63) is 35.9 Å². The Bertz CT molecular complexity index is 371. The van der Waals surface area contributed by atoms with Crippen LogP contribution in [0.1, 0.15) is 11.6 Å². The number of rotatable bonds is 5. The quantitative estimate of drug-likeness (QED) is 0.703. The molecule has 0 aliphatic heterocycles. The van der Waals surface area contributed by atoms with E-state index in [-0.39, 0.29) is 0 Å². The average molecular weight is 244 g/mol. The van der Waals surface area contributed by atoms with Gasteiger partial charge in [0, 0.05) is 0 Å². The highest BCUT2D eigenvalue weighted by molar-refractivity contribution is 5.82. The Hall–Kier alpha value is -1.53. The largest absolute Gasteiger partial charge is 0.390 e. The molecular weight excluding hydrogens is 230 g/mol. The second-order valence-electron chi connectivity index (χ2n) is 3.62. The molecule has 0 aliphatic carbocycles. The third kappa shape index (κ3) is 4.08. The number of nitrogens with one attached hydrogen (secondary N) is 1. The maximum Gasteiger partial charge on any atom is 0.287 e. The van der Waals surface area contributed by atoms with Gasteiger partial charge in [-0.3, -0.25) is 4.79 Å². The highest BCUT2D eigenvalue weighted by Gasteiger charge is 2.29. The number of aliphatic hydroxyl groups is 1. The minimum atomic E-state index is -3.33. The lowest BCUT2D eigenvalue weighted by Gasteiger charge is -2.16. The maximum atomic E-state index is 12.7. The van der Waals surface area contributed by atoms with Crippen molar-refractivity contribution in [1.82, 2.24) is 5.32 Å². The standard InChI is InChI=1S/C11H14F2N2O2/c12-11(13,7-16)6-15-10(17)9(14)8-4-2-1-3-5-8/h1-5,9,16H,6-7,14H2,(H,15,17)/t9-/m1/s1. The number of hydrogen-bond donors (Lipinski definition) is 3. The zero-order valence-electron chi connectivity index (χ0n) is 9.07. The van der Waals surface area contributed by atoms with Gasteiger partial charge in [-0.1, -0.05) is 30.3 Å². The van der Waals surface area contributed by atoms with E-state index in [0.717, 1.165) is 0 Å². The number of hydrogen-bond acceptors (Lipinski definition) is 3. The molecule has 0 aliphatic rings. The van der Waals surface area contributed by atoms with E-state index >= 15 is 0 Å². The van der Waals surface area contributed by atoms with Gasteiger partial charge in [-0.25, -0.2) is 8.78 Å². The van der Waals surface area contributed by atoms with Crippen LogP contribution in [0.4, 0.5) is 8.78 Å². The number of carbonyl (C=O) groups excluding carboxylic acids is 1. The molecule has 0 saturated heterocycles. The Kier molecular flexibility index (Phi) is 4.53. The molecule has 1 rings (SSSR count). The molecule has 0 spiro atoms. The van der Waals surface area contributed by atoms with Gasteiger partial charge in [0.15, 0.2) is 0 Å². The number of carbonyl (C=O) groups is 1. The van der Waals surface area contributed by atoms with Crippen molar-refractivity contribution in [2.24, 2.45) is 5.73 Å². The van der Waals surface area contributed by atoms with Crippen molar-refractivity contribution in [2.75, 3.05) is 13.2 Å². The van der Waals surface area contributed by atoms with Gasteiger partial charge >= 0.3 is 0 Å². The number of benzene rings is 1. The fourth-order valence-corrected chi connectivity index (χ4v) is 1.19. The third-order valence-electron chi connectivity index (χ3n) is 2.19. The number of alkyl halides is 2. The third-order valence-corrected chi connectivity index (χ3v) is 2.19. The Balaban J connectivity index is 2.54. The summed E-state index contributed by atoms with van der Waals surface area (Å²) >= 11 is 0. The fraction of sp³-hybridized carbons (Fsp3) is 0.364. The SMILES string of the molecule is N[C@@H](C(=O)NCC(F)(F)CO)c1ccccc1. The summed E-state index contributed by atoms with van der Waals surface area (Å²) in [7, 11) is 0. The molecule has 1 aromatic rings. The molecule has 4 N–H and O–H groups in total. The second kappa shape index (κ2) is 5.70. The Labute approximate surface area is 97.4 Å². The summed E-state index contributed by atoms with van der Waals surface area (Å²) in [6.45, 7) is -2.24. The summed E-state index contributed by atoms with van der Waals surface area (Å²) in [5.41, 5.74) is 6.13. The Morgan fingerprint density at radius 2 is 2.00 bits per heavy atom. The summed E-state index contributed by atoms with van der Waals surface area (Å²) in [5.74, 6) is -4.03. The van der Waals surface area contributed by atoms with Crippen molar-refractivity contribution in [1.29, 1.82) is 0 Å². The first-order valence-electron chi connectivity index (χ1n) is 5.03. The first-order chi connectivity index (χ1) is 7.96. The van der Waals surface area contributed by atoms with Crippen LogP contribution in [0.25, 0.3) is 0 Å². The van der Waals surface area contributed by atoms with Crippen molar-refractivity contribution >= 4 is 5.91 Å². The van der Waals surface area contributed by atoms with Crippen LogP contribution in [0.3, 0.4) is 0 Å². The molecule has 0 saturated carbocycles. The molecule has 17 heavy (non-hydrogen) atoms. The van der Waals surface area contributed by atoms with Crippen LogP contribution in [-0.2, 0) is 4.79 Å². The lowest BCUT2D eigenvalue weighted by molar-refractivity contribution is -0.125. The lowest BCUT2D eigenvalue weighted by atomic mass is 10.1. The van der Waals surface area contributed by atoms with Gasteiger partial charge in [-0.15, -0.1) is 0 Å². The van der Waals surface area contributed by atoms with Gasteiger partial charge in [0.05, 0.1) is 6.54 Å². The number of amides is 1. The smallest absolute Gasteiger partial charge is 0.287 e. The predicted molar refractivity (Wildman–Crippen MR) is 58.4 cm³/mol. The lowest BCUT2D eigenvalue weighted by Crippen LogP contribution is -2.42. The molecule has 1 atom stereocenters. The molecule has 4 nitrogen and oxygen atoms in total. The van der Waals surface area contributed by atoms with Crippen LogP contribution < -0.4 is 11.1 Å². The summed E-state index contributed by atoms with van der Waals surface area (Å²) in [6, 6.07) is 7.43. The molecule has 94 valence electrons. The normalized spacial score (nSPS) is 13.2. The molecule has 1 amide bonds. The van der Waals surface area contributed by atoms with Crippen LogP contribution in [0, 0.1) is 0 Å². The van der Waals surface area contributed by atoms with Crippen molar-refractivity contribution in [3.63, 3.8) is 0 Å². The van der Waals surface area contributed by atoms with Gasteiger partial charge in [-0.2, -0.15) is 0 Å². The zero-order chi connectivity index (χ0) is 12.9. The first-order valence-corrected chi connectivity index (χ1v) is 5.03. The van der Waals surface area contributed by atoms with Crippen LogP contribution in [0.5, 0.6) is 0 Å². The van der Waals surface area contributed by atoms with Gasteiger partial charge in [0.25, 0.3) is 5.92 Å². The molecular formula is C11H14F2N2O2. The summed E-state index contributed by atoms with van der Waals surface area (Å²) < 4.78 is 25.3. The van der Waals surface area contributed by atoms with Gasteiger partial charge < -0.3 is 16.2 Å². The summed E-state index contributed by atoms with van der Waals surface area (Å²) in [5, 5.41) is 10.3. The molecule has 0 heterocycles. The van der Waals surface area contributed by atoms with Crippen LogP contribution in [0.2, 0.25) is 0 Å². The molecule has 1 aromatic carbocycles. The van der Waals surface area contributed by atoms with E-state index in [0.29, 0.717) is 5.56 Å². The minimum Gasteiger partial charge on any atom is -0.390 e. The van der Waals surface area contributed by atoms with E-state index < -0.39 is 31.0 Å². The van der Waals surface area contributed by atoms with E-state index in [1.807, 2.05) is 5.32 Å². The van der Waals surface area contributed by atoms with E-state index in [1.165, 1.54) is 0 Å². The van der Waals surface area contributed by atoms with Crippen LogP contribution in [0.15, 0.2) is 30.3 Å². The Morgan fingerprint density at radius 3 is 2.53 bits per heavy atom. The molecule has 0 fully saturated rings.